The van der Waals surface area contributed by atoms with Crippen LogP contribution in [0.5, 0.6) is 11.5 Å². The molecular weight excluding hydrogens is 377 g/mol. The molecule has 4 nitrogen and oxygen atoms in total. The molecule has 2 N–H and O–H groups in total. The van der Waals surface area contributed by atoms with E-state index in [1.165, 1.54) is 18.4 Å². The SMILES string of the molecule is CS(=O)(=O)c1ccc(Oc2ccc(I)cc2N)cc1. The van der Waals surface area contributed by atoms with Crippen molar-refractivity contribution in [1.29, 1.82) is 0 Å². The van der Waals surface area contributed by atoms with Gasteiger partial charge in [-0.15, -0.1) is 0 Å². The Labute approximate surface area is 125 Å². The van der Waals surface area contributed by atoms with Crippen molar-refractivity contribution in [1.82, 2.24) is 0 Å². The van der Waals surface area contributed by atoms with Gasteiger partial charge in [0, 0.05) is 9.83 Å². The number of halogens is 1. The highest BCUT2D eigenvalue weighted by atomic mass is 127. The summed E-state index contributed by atoms with van der Waals surface area (Å²) in [6, 6.07) is 11.7. The van der Waals surface area contributed by atoms with Crippen molar-refractivity contribution in [2.24, 2.45) is 0 Å². The standard InChI is InChI=1S/C13H12INO3S/c1-19(16,17)11-5-3-10(4-6-11)18-13-7-2-9(14)8-12(13)15/h2-8H,15H2,1H3. The van der Waals surface area contributed by atoms with Crippen molar-refractivity contribution in [3.63, 3.8) is 0 Å². The van der Waals surface area contributed by atoms with Crippen LogP contribution >= 0.6 is 22.6 Å². The van der Waals surface area contributed by atoms with E-state index in [1.807, 2.05) is 6.07 Å². The van der Waals surface area contributed by atoms with E-state index in [0.717, 1.165) is 3.57 Å². The molecule has 6 heteroatoms. The molecule has 0 fully saturated rings. The molecule has 19 heavy (non-hydrogen) atoms. The van der Waals surface area contributed by atoms with Crippen molar-refractivity contribution >= 4 is 38.1 Å². The number of hydrogen-bond acceptors (Lipinski definition) is 4. The second-order valence-corrected chi connectivity index (χ2v) is 7.29. The molecule has 0 spiro atoms. The second kappa shape index (κ2) is 5.38. The predicted molar refractivity (Wildman–Crippen MR) is 83.2 cm³/mol. The summed E-state index contributed by atoms with van der Waals surface area (Å²) in [5, 5.41) is 0. The summed E-state index contributed by atoms with van der Waals surface area (Å²) in [7, 11) is -3.19. The Bertz CT molecular complexity index is 696. The van der Waals surface area contributed by atoms with Crippen molar-refractivity contribution in [2.45, 2.75) is 4.90 Å². The molecule has 0 radical (unpaired) electrons. The Morgan fingerprint density at radius 2 is 1.74 bits per heavy atom. The molecule has 0 aliphatic rings. The minimum Gasteiger partial charge on any atom is -0.455 e. The molecule has 2 aromatic carbocycles. The molecule has 0 saturated heterocycles. The molecule has 2 rings (SSSR count). The van der Waals surface area contributed by atoms with E-state index in [1.54, 1.807) is 24.3 Å². The third kappa shape index (κ3) is 3.60. The lowest BCUT2D eigenvalue weighted by Crippen LogP contribution is -1.97. The van der Waals surface area contributed by atoms with Gasteiger partial charge in [0.25, 0.3) is 0 Å². The summed E-state index contributed by atoms with van der Waals surface area (Å²) in [5.41, 5.74) is 6.38. The number of ether oxygens (including phenoxy) is 1. The Balaban J connectivity index is 2.25. The van der Waals surface area contributed by atoms with Crippen LogP contribution in [0.1, 0.15) is 0 Å². The van der Waals surface area contributed by atoms with Gasteiger partial charge in [0.1, 0.15) is 11.5 Å². The number of rotatable bonds is 3. The molecule has 0 aliphatic carbocycles. The van der Waals surface area contributed by atoms with Crippen LogP contribution in [0, 0.1) is 3.57 Å². The van der Waals surface area contributed by atoms with Gasteiger partial charge in [-0.3, -0.25) is 0 Å². The predicted octanol–water partition coefficient (Wildman–Crippen LogP) is 3.07. The van der Waals surface area contributed by atoms with Gasteiger partial charge in [0.15, 0.2) is 9.84 Å². The summed E-state index contributed by atoms with van der Waals surface area (Å²) >= 11 is 2.16. The Morgan fingerprint density at radius 1 is 1.11 bits per heavy atom. The van der Waals surface area contributed by atoms with E-state index in [0.29, 0.717) is 17.2 Å². The fourth-order valence-corrected chi connectivity index (χ4v) is 2.64. The Hall–Kier alpha value is -1.28. The Morgan fingerprint density at radius 3 is 2.26 bits per heavy atom. The summed E-state index contributed by atoms with van der Waals surface area (Å²) < 4.78 is 29.3. The molecule has 0 amide bonds. The van der Waals surface area contributed by atoms with Crippen LogP contribution in [0.4, 0.5) is 5.69 Å². The third-order valence-corrected chi connectivity index (χ3v) is 4.25. The summed E-state index contributed by atoms with van der Waals surface area (Å²) in [6.45, 7) is 0. The lowest BCUT2D eigenvalue weighted by molar-refractivity contribution is 0.484. The second-order valence-electron chi connectivity index (χ2n) is 4.03. The van der Waals surface area contributed by atoms with Gasteiger partial charge >= 0.3 is 0 Å². The lowest BCUT2D eigenvalue weighted by Gasteiger charge is -2.09. The molecule has 0 saturated carbocycles. The number of sulfone groups is 1. The van der Waals surface area contributed by atoms with Crippen LogP contribution < -0.4 is 10.5 Å². The summed E-state index contributed by atoms with van der Waals surface area (Å²) in [6.07, 6.45) is 1.17. The monoisotopic (exact) mass is 389 g/mol. The van der Waals surface area contributed by atoms with Gasteiger partial charge in [0.05, 0.1) is 10.6 Å². The fraction of sp³-hybridized carbons (Fsp3) is 0.0769. The van der Waals surface area contributed by atoms with Gasteiger partial charge in [-0.1, -0.05) is 0 Å². The highest BCUT2D eigenvalue weighted by molar-refractivity contribution is 14.1. The normalized spacial score (nSPS) is 11.3. The first-order valence-corrected chi connectivity index (χ1v) is 8.36. The first-order chi connectivity index (χ1) is 8.86. The van der Waals surface area contributed by atoms with Crippen molar-refractivity contribution in [3.05, 3.63) is 46.0 Å². The zero-order valence-corrected chi connectivity index (χ0v) is 13.1. The molecule has 0 bridgehead atoms. The van der Waals surface area contributed by atoms with E-state index in [2.05, 4.69) is 22.6 Å². The van der Waals surface area contributed by atoms with E-state index in [9.17, 15) is 8.42 Å². The van der Waals surface area contributed by atoms with Crippen LogP contribution in [0.2, 0.25) is 0 Å². The quantitative estimate of drug-likeness (QED) is 0.647. The van der Waals surface area contributed by atoms with E-state index >= 15 is 0 Å². The third-order valence-electron chi connectivity index (χ3n) is 2.45. The molecule has 0 aromatic heterocycles. The summed E-state index contributed by atoms with van der Waals surface area (Å²) in [5.74, 6) is 1.09. The number of nitrogen functional groups attached to an aromatic ring is 1. The van der Waals surface area contributed by atoms with Crippen LogP contribution in [-0.4, -0.2) is 14.7 Å². The maximum atomic E-state index is 11.3. The molecular formula is C13H12INO3S. The van der Waals surface area contributed by atoms with Gasteiger partial charge in [-0.2, -0.15) is 0 Å². The fourth-order valence-electron chi connectivity index (χ4n) is 1.49. The summed E-state index contributed by atoms with van der Waals surface area (Å²) in [4.78, 5) is 0.260. The largest absolute Gasteiger partial charge is 0.455 e. The average Bonchev–Trinajstić information content (AvgIpc) is 2.32. The Kier molecular flexibility index (Phi) is 4.00. The van der Waals surface area contributed by atoms with Crippen LogP contribution in [0.3, 0.4) is 0 Å². The van der Waals surface area contributed by atoms with E-state index in [-0.39, 0.29) is 4.90 Å². The maximum Gasteiger partial charge on any atom is 0.175 e. The zero-order chi connectivity index (χ0) is 14.0. The van der Waals surface area contributed by atoms with E-state index < -0.39 is 9.84 Å². The van der Waals surface area contributed by atoms with Crippen LogP contribution in [0.15, 0.2) is 47.4 Å². The van der Waals surface area contributed by atoms with Crippen LogP contribution in [-0.2, 0) is 9.84 Å². The van der Waals surface area contributed by atoms with Gasteiger partial charge in [-0.25, -0.2) is 8.42 Å². The highest BCUT2D eigenvalue weighted by Gasteiger charge is 2.07. The van der Waals surface area contributed by atoms with E-state index in [4.69, 9.17) is 10.5 Å². The minimum absolute atomic E-state index is 0.260. The average molecular weight is 389 g/mol. The first kappa shape index (κ1) is 14.1. The molecule has 2 aromatic rings. The first-order valence-electron chi connectivity index (χ1n) is 5.39. The number of nitrogens with two attached hydrogens (primary N) is 1. The molecule has 0 unspecified atom stereocenters. The number of hydrogen-bond donors (Lipinski definition) is 1. The number of anilines is 1. The van der Waals surface area contributed by atoms with Crippen molar-refractivity contribution in [2.75, 3.05) is 12.0 Å². The van der Waals surface area contributed by atoms with Gasteiger partial charge < -0.3 is 10.5 Å². The number of benzene rings is 2. The molecule has 0 aliphatic heterocycles. The van der Waals surface area contributed by atoms with Gasteiger partial charge in [0.2, 0.25) is 0 Å². The van der Waals surface area contributed by atoms with Crippen LogP contribution in [0.25, 0.3) is 0 Å². The van der Waals surface area contributed by atoms with Gasteiger partial charge in [-0.05, 0) is 65.1 Å². The molecule has 0 heterocycles. The smallest absolute Gasteiger partial charge is 0.175 e. The molecule has 0 atom stereocenters. The zero-order valence-electron chi connectivity index (χ0n) is 10.1. The maximum absolute atomic E-state index is 11.3. The highest BCUT2D eigenvalue weighted by Crippen LogP contribution is 2.29. The topological polar surface area (TPSA) is 69.4 Å². The van der Waals surface area contributed by atoms with Crippen molar-refractivity contribution in [3.8, 4) is 11.5 Å². The molecule has 100 valence electrons. The minimum atomic E-state index is -3.19. The van der Waals surface area contributed by atoms with Crippen molar-refractivity contribution < 1.29 is 13.2 Å². The lowest BCUT2D eigenvalue weighted by atomic mass is 10.3.